The van der Waals surface area contributed by atoms with Gasteiger partial charge in [-0.25, -0.2) is 0 Å². The number of fused-ring (bicyclic) bond motifs is 2. The van der Waals surface area contributed by atoms with Crippen molar-refractivity contribution in [3.63, 3.8) is 0 Å². The van der Waals surface area contributed by atoms with Gasteiger partial charge in [-0.3, -0.25) is 0 Å². The van der Waals surface area contributed by atoms with Crippen molar-refractivity contribution in [2.75, 3.05) is 0 Å². The van der Waals surface area contributed by atoms with Crippen LogP contribution < -0.4 is 0 Å². The van der Waals surface area contributed by atoms with E-state index in [1.807, 2.05) is 0 Å². The fraction of sp³-hybridized carbons (Fsp3) is 0.292. The van der Waals surface area contributed by atoms with Gasteiger partial charge in [0.15, 0.2) is 0 Å². The van der Waals surface area contributed by atoms with Crippen LogP contribution in [0.1, 0.15) is 66.7 Å². The molecule has 0 nitrogen and oxygen atoms in total. The van der Waals surface area contributed by atoms with E-state index in [4.69, 9.17) is 0 Å². The molecule has 2 aliphatic rings. The summed E-state index contributed by atoms with van der Waals surface area (Å²) in [5.74, 6) is 2.90. The molecular weight excluding hydrogens is 379 g/mol. The molecule has 0 heterocycles. The molecule has 4 rings (SSSR count). The molecule has 0 bridgehead atoms. The number of allylic oxidation sites excluding steroid dienone is 2. The fourth-order valence-electron chi connectivity index (χ4n) is 4.17. The zero-order valence-corrected chi connectivity index (χ0v) is 17.4. The molecule has 0 saturated carbocycles. The van der Waals surface area contributed by atoms with Crippen molar-refractivity contribution < 1.29 is 26.2 Å². The van der Waals surface area contributed by atoms with Crippen LogP contribution >= 0.6 is 0 Å². The molecule has 1 heteroatoms. The van der Waals surface area contributed by atoms with Crippen LogP contribution in [0.15, 0.2) is 60.7 Å². The Morgan fingerprint density at radius 2 is 1.36 bits per heavy atom. The molecule has 0 N–H and O–H groups in total. The summed E-state index contributed by atoms with van der Waals surface area (Å²) < 4.78 is 0. The molecule has 0 radical (unpaired) electrons. The largest absolute Gasteiger partial charge is 0.313 e. The van der Waals surface area contributed by atoms with E-state index >= 15 is 0 Å². The summed E-state index contributed by atoms with van der Waals surface area (Å²) in [4.78, 5) is 0. The van der Waals surface area contributed by atoms with E-state index in [0.717, 1.165) is 0 Å². The van der Waals surface area contributed by atoms with Crippen molar-refractivity contribution in [3.8, 4) is 0 Å². The quantitative estimate of drug-likeness (QED) is 0.467. The van der Waals surface area contributed by atoms with Gasteiger partial charge in [-0.15, -0.1) is 0 Å². The standard InChI is InChI=1S/C24H25.Zr/c1-2-18(17-22-16-15-20-8-4-6-10-24(20)22)11-12-21-14-13-19-7-3-5-9-23(19)21;/h3-10,13-16,21-22H,2,11-12,17H2,1H3;/q-1;. The average Bonchev–Trinajstić information content (AvgIpc) is 3.23. The normalized spacial score (nSPS) is 19.8. The van der Waals surface area contributed by atoms with Gasteiger partial charge in [0.1, 0.15) is 0 Å². The molecule has 0 saturated heterocycles. The van der Waals surface area contributed by atoms with Crippen LogP contribution in [0.25, 0.3) is 12.2 Å². The third-order valence-electron chi connectivity index (χ3n) is 5.62. The first kappa shape index (κ1) is 18.6. The SMILES string of the molecule is CC[C-](CCC1C=Cc2ccccc21)CC1C=Cc2ccccc21.[Zr]. The van der Waals surface area contributed by atoms with Gasteiger partial charge in [-0.05, 0) is 28.2 Å². The smallest absolute Gasteiger partial charge is 0.000306 e. The zero-order chi connectivity index (χ0) is 16.4. The molecule has 25 heavy (non-hydrogen) atoms. The van der Waals surface area contributed by atoms with Crippen LogP contribution in [0.4, 0.5) is 0 Å². The first-order valence-corrected chi connectivity index (χ1v) is 9.23. The van der Waals surface area contributed by atoms with Crippen molar-refractivity contribution in [1.29, 1.82) is 0 Å². The van der Waals surface area contributed by atoms with Gasteiger partial charge in [-0.2, -0.15) is 19.3 Å². The van der Waals surface area contributed by atoms with Crippen molar-refractivity contribution in [2.45, 2.75) is 44.4 Å². The molecule has 2 aliphatic carbocycles. The van der Waals surface area contributed by atoms with E-state index in [9.17, 15) is 0 Å². The molecule has 0 amide bonds. The van der Waals surface area contributed by atoms with Crippen LogP contribution in [0.3, 0.4) is 0 Å². The number of benzene rings is 2. The van der Waals surface area contributed by atoms with Crippen molar-refractivity contribution in [3.05, 3.63) is 88.9 Å². The van der Waals surface area contributed by atoms with Gasteiger partial charge >= 0.3 is 0 Å². The Morgan fingerprint density at radius 3 is 2.00 bits per heavy atom. The summed E-state index contributed by atoms with van der Waals surface area (Å²) in [7, 11) is 0. The van der Waals surface area contributed by atoms with E-state index in [1.54, 1.807) is 5.92 Å². The molecule has 2 aromatic rings. The first-order valence-electron chi connectivity index (χ1n) is 9.23. The molecule has 0 fully saturated rings. The first-order chi connectivity index (χ1) is 11.8. The second kappa shape index (κ2) is 8.46. The number of rotatable bonds is 6. The molecule has 2 aromatic carbocycles. The van der Waals surface area contributed by atoms with E-state index in [2.05, 4.69) is 79.8 Å². The maximum atomic E-state index is 2.39. The van der Waals surface area contributed by atoms with Gasteiger partial charge in [0, 0.05) is 32.1 Å². The van der Waals surface area contributed by atoms with E-state index in [1.165, 1.54) is 47.9 Å². The van der Waals surface area contributed by atoms with Crippen molar-refractivity contribution in [1.82, 2.24) is 0 Å². The maximum Gasteiger partial charge on any atom is 0.000306 e. The van der Waals surface area contributed by atoms with Crippen LogP contribution in [0, 0.1) is 5.92 Å². The topological polar surface area (TPSA) is 0 Å². The molecule has 0 aromatic heterocycles. The minimum Gasteiger partial charge on any atom is -0.313 e. The second-order valence-corrected chi connectivity index (χ2v) is 7.04. The minimum absolute atomic E-state index is 0. The fourth-order valence-corrected chi connectivity index (χ4v) is 4.17. The Labute approximate surface area is 171 Å². The summed E-state index contributed by atoms with van der Waals surface area (Å²) >= 11 is 0. The van der Waals surface area contributed by atoms with Gasteiger partial charge in [0.2, 0.25) is 0 Å². The number of hydrogen-bond acceptors (Lipinski definition) is 0. The predicted molar refractivity (Wildman–Crippen MR) is 104 cm³/mol. The third-order valence-corrected chi connectivity index (χ3v) is 5.62. The molecule has 0 aliphatic heterocycles. The van der Waals surface area contributed by atoms with Crippen LogP contribution in [0.5, 0.6) is 0 Å². The summed E-state index contributed by atoms with van der Waals surface area (Å²) in [6.07, 6.45) is 14.3. The van der Waals surface area contributed by atoms with Crippen LogP contribution in [0.2, 0.25) is 0 Å². The Hall–Kier alpha value is -1.20. The van der Waals surface area contributed by atoms with Gasteiger partial charge < -0.3 is 5.92 Å². The summed E-state index contributed by atoms with van der Waals surface area (Å²) in [5.41, 5.74) is 5.84. The Kier molecular flexibility index (Phi) is 6.29. The molecule has 2 atom stereocenters. The Balaban J connectivity index is 0.00000182. The van der Waals surface area contributed by atoms with Crippen LogP contribution in [-0.2, 0) is 26.2 Å². The maximum absolute atomic E-state index is 2.39. The predicted octanol–water partition coefficient (Wildman–Crippen LogP) is 6.76. The summed E-state index contributed by atoms with van der Waals surface area (Å²) in [6.45, 7) is 2.32. The molecular formula is C24H25Zr-. The number of hydrogen-bond donors (Lipinski definition) is 0. The van der Waals surface area contributed by atoms with Gasteiger partial charge in [0.25, 0.3) is 0 Å². The molecule has 126 valence electrons. The zero-order valence-electron chi connectivity index (χ0n) is 14.9. The summed E-state index contributed by atoms with van der Waals surface area (Å²) in [6, 6.07) is 17.7. The van der Waals surface area contributed by atoms with Gasteiger partial charge in [-0.1, -0.05) is 86.2 Å². The Bertz CT molecular complexity index is 771. The minimum atomic E-state index is 0. The summed E-state index contributed by atoms with van der Waals surface area (Å²) in [5, 5.41) is 0. The molecule has 2 unspecified atom stereocenters. The van der Waals surface area contributed by atoms with E-state index < -0.39 is 0 Å². The Morgan fingerprint density at radius 1 is 0.800 bits per heavy atom. The third kappa shape index (κ3) is 3.98. The molecule has 0 spiro atoms. The van der Waals surface area contributed by atoms with Crippen LogP contribution in [-0.4, -0.2) is 0 Å². The van der Waals surface area contributed by atoms with Crippen molar-refractivity contribution >= 4 is 12.2 Å². The van der Waals surface area contributed by atoms with E-state index in [0.29, 0.717) is 11.8 Å². The van der Waals surface area contributed by atoms with E-state index in [-0.39, 0.29) is 26.2 Å². The van der Waals surface area contributed by atoms with Crippen molar-refractivity contribution in [2.24, 2.45) is 0 Å². The monoisotopic (exact) mass is 403 g/mol. The van der Waals surface area contributed by atoms with Gasteiger partial charge in [0.05, 0.1) is 0 Å². The average molecular weight is 405 g/mol. The second-order valence-electron chi connectivity index (χ2n) is 7.04.